The van der Waals surface area contributed by atoms with Crippen LogP contribution in [-0.2, 0) is 11.0 Å². The van der Waals surface area contributed by atoms with Gasteiger partial charge in [0.15, 0.2) is 0 Å². The number of para-hydroxylation sites is 2. The molecule has 1 N–H and O–H groups in total. The number of rotatable bonds is 5. The van der Waals surface area contributed by atoms with Crippen LogP contribution in [0.4, 0.5) is 29.3 Å². The molecule has 1 unspecified atom stereocenters. The van der Waals surface area contributed by atoms with E-state index in [1.54, 1.807) is 17.0 Å². The highest BCUT2D eigenvalue weighted by Crippen LogP contribution is 2.43. The van der Waals surface area contributed by atoms with E-state index >= 15 is 0 Å². The number of hydrogen-bond acceptors (Lipinski definition) is 2. The first-order valence-corrected chi connectivity index (χ1v) is 13.2. The molecule has 1 saturated carbocycles. The fourth-order valence-electron chi connectivity index (χ4n) is 5.17. The van der Waals surface area contributed by atoms with Gasteiger partial charge in [0.1, 0.15) is 12.6 Å². The van der Waals surface area contributed by atoms with Crippen molar-refractivity contribution >= 4 is 34.9 Å². The Morgan fingerprint density at radius 3 is 2.35 bits per heavy atom. The van der Waals surface area contributed by atoms with Crippen LogP contribution >= 0.6 is 11.6 Å². The summed E-state index contributed by atoms with van der Waals surface area (Å²) in [5.74, 6) is -0.314. The van der Waals surface area contributed by atoms with Crippen molar-refractivity contribution in [3.63, 3.8) is 0 Å². The number of aromatic nitrogens is 1. The molecular formula is C30H24ClF3N4O2. The lowest BCUT2D eigenvalue weighted by molar-refractivity contribution is -0.137. The zero-order valence-corrected chi connectivity index (χ0v) is 21.9. The molecule has 1 fully saturated rings. The molecule has 2 aliphatic rings. The van der Waals surface area contributed by atoms with Crippen molar-refractivity contribution < 1.29 is 22.8 Å². The van der Waals surface area contributed by atoms with Crippen LogP contribution in [0, 0.1) is 0 Å². The van der Waals surface area contributed by atoms with E-state index in [4.69, 9.17) is 11.6 Å². The summed E-state index contributed by atoms with van der Waals surface area (Å²) in [6, 6.07) is 21.9. The molecule has 0 spiro atoms. The highest BCUT2D eigenvalue weighted by molar-refractivity contribution is 6.30. The number of urea groups is 1. The topological polar surface area (TPSA) is 57.6 Å². The third-order valence-electron chi connectivity index (χ3n) is 7.17. The lowest BCUT2D eigenvalue weighted by atomic mass is 9.97. The van der Waals surface area contributed by atoms with Gasteiger partial charge in [-0.15, -0.1) is 0 Å². The number of benzene rings is 3. The van der Waals surface area contributed by atoms with Gasteiger partial charge >= 0.3 is 12.2 Å². The Morgan fingerprint density at radius 2 is 1.65 bits per heavy atom. The molecule has 1 aliphatic heterocycles. The Labute approximate surface area is 233 Å². The summed E-state index contributed by atoms with van der Waals surface area (Å²) in [4.78, 5) is 30.6. The minimum atomic E-state index is -4.54. The molecule has 1 aliphatic carbocycles. The second-order valence-corrected chi connectivity index (χ2v) is 10.3. The van der Waals surface area contributed by atoms with Crippen molar-refractivity contribution in [3.05, 3.63) is 113 Å². The zero-order chi connectivity index (χ0) is 28.0. The molecule has 0 saturated heterocycles. The number of fused-ring (bicyclic) bond motifs is 3. The van der Waals surface area contributed by atoms with Crippen molar-refractivity contribution in [2.24, 2.45) is 0 Å². The van der Waals surface area contributed by atoms with E-state index < -0.39 is 23.8 Å². The van der Waals surface area contributed by atoms with E-state index in [2.05, 4.69) is 5.32 Å². The number of halogens is 4. The summed E-state index contributed by atoms with van der Waals surface area (Å²) in [5, 5.41) is 3.13. The molecule has 2 heterocycles. The lowest BCUT2D eigenvalue weighted by Crippen LogP contribution is -2.48. The normalized spacial score (nSPS) is 16.2. The SMILES string of the molecule is O=C(Nc1cccc(C(F)(F)F)c1)N(CC(=O)N1c2ccccc2-n2cccc2C1c1ccc(Cl)cc1)C1CC1. The fraction of sp³-hybridized carbons (Fsp3) is 0.200. The maximum Gasteiger partial charge on any atom is 0.416 e. The van der Waals surface area contributed by atoms with Gasteiger partial charge in [-0.25, -0.2) is 4.79 Å². The predicted molar refractivity (Wildman–Crippen MR) is 147 cm³/mol. The van der Waals surface area contributed by atoms with Gasteiger partial charge in [-0.1, -0.05) is 41.9 Å². The predicted octanol–water partition coefficient (Wildman–Crippen LogP) is 7.28. The first-order chi connectivity index (χ1) is 19.2. The summed E-state index contributed by atoms with van der Waals surface area (Å²) in [5.41, 5.74) is 2.38. The van der Waals surface area contributed by atoms with Crippen LogP contribution in [-0.4, -0.2) is 34.0 Å². The van der Waals surface area contributed by atoms with Gasteiger partial charge in [-0.3, -0.25) is 9.69 Å². The monoisotopic (exact) mass is 564 g/mol. The number of carbonyl (C=O) groups is 2. The quantitative estimate of drug-likeness (QED) is 0.277. The Morgan fingerprint density at radius 1 is 0.925 bits per heavy atom. The number of carbonyl (C=O) groups excluding carboxylic acids is 2. The Hall–Kier alpha value is -4.24. The van der Waals surface area contributed by atoms with Crippen molar-refractivity contribution in [1.29, 1.82) is 0 Å². The first-order valence-electron chi connectivity index (χ1n) is 12.8. The number of anilines is 2. The second-order valence-electron chi connectivity index (χ2n) is 9.88. The summed E-state index contributed by atoms with van der Waals surface area (Å²) >= 11 is 6.16. The molecule has 1 aromatic heterocycles. The van der Waals surface area contributed by atoms with Crippen LogP contribution in [0.1, 0.15) is 35.7 Å². The molecule has 0 bridgehead atoms. The van der Waals surface area contributed by atoms with E-state index in [0.717, 1.165) is 29.1 Å². The number of hydrogen-bond donors (Lipinski definition) is 1. The van der Waals surface area contributed by atoms with Crippen LogP contribution in [0.15, 0.2) is 91.1 Å². The van der Waals surface area contributed by atoms with Crippen LogP contribution in [0.25, 0.3) is 5.69 Å². The third-order valence-corrected chi connectivity index (χ3v) is 7.42. The van der Waals surface area contributed by atoms with E-state index in [0.29, 0.717) is 23.6 Å². The van der Waals surface area contributed by atoms with Crippen molar-refractivity contribution in [2.45, 2.75) is 31.1 Å². The van der Waals surface area contributed by atoms with E-state index in [1.807, 2.05) is 59.3 Å². The van der Waals surface area contributed by atoms with Gasteiger partial charge in [0.2, 0.25) is 5.91 Å². The molecule has 204 valence electrons. The molecule has 3 amide bonds. The molecule has 1 atom stereocenters. The summed E-state index contributed by atoms with van der Waals surface area (Å²) in [6.07, 6.45) is -1.17. The van der Waals surface area contributed by atoms with Gasteiger partial charge in [0.25, 0.3) is 0 Å². The molecular weight excluding hydrogens is 541 g/mol. The smallest absolute Gasteiger partial charge is 0.316 e. The Balaban J connectivity index is 1.33. The fourth-order valence-corrected chi connectivity index (χ4v) is 5.29. The summed E-state index contributed by atoms with van der Waals surface area (Å²) < 4.78 is 41.6. The Kier molecular flexibility index (Phi) is 6.54. The molecule has 10 heteroatoms. The third kappa shape index (κ3) is 4.93. The average Bonchev–Trinajstić information content (AvgIpc) is 3.66. The number of amides is 3. The molecule has 3 aromatic carbocycles. The van der Waals surface area contributed by atoms with Gasteiger partial charge in [0.05, 0.1) is 22.6 Å². The van der Waals surface area contributed by atoms with Crippen LogP contribution in [0.3, 0.4) is 0 Å². The molecule has 40 heavy (non-hydrogen) atoms. The first kappa shape index (κ1) is 26.0. The minimum Gasteiger partial charge on any atom is -0.316 e. The van der Waals surface area contributed by atoms with Crippen molar-refractivity contribution in [3.8, 4) is 5.69 Å². The number of nitrogens with one attached hydrogen (secondary N) is 1. The largest absolute Gasteiger partial charge is 0.416 e. The minimum absolute atomic E-state index is 0.0121. The lowest BCUT2D eigenvalue weighted by Gasteiger charge is -2.39. The van der Waals surface area contributed by atoms with Crippen LogP contribution in [0.2, 0.25) is 5.02 Å². The second kappa shape index (κ2) is 10.1. The van der Waals surface area contributed by atoms with Gasteiger partial charge in [-0.2, -0.15) is 13.2 Å². The summed E-state index contributed by atoms with van der Waals surface area (Å²) in [7, 11) is 0. The zero-order valence-electron chi connectivity index (χ0n) is 21.1. The maximum absolute atomic E-state index is 14.1. The van der Waals surface area contributed by atoms with E-state index in [9.17, 15) is 22.8 Å². The highest BCUT2D eigenvalue weighted by Gasteiger charge is 2.40. The van der Waals surface area contributed by atoms with Crippen LogP contribution in [0.5, 0.6) is 0 Å². The Bertz CT molecular complexity index is 1580. The number of alkyl halides is 3. The number of nitrogens with zero attached hydrogens (tertiary/aromatic N) is 3. The van der Waals surface area contributed by atoms with Crippen molar-refractivity contribution in [1.82, 2.24) is 9.47 Å². The van der Waals surface area contributed by atoms with Gasteiger partial charge < -0.3 is 14.8 Å². The molecule has 4 aromatic rings. The van der Waals surface area contributed by atoms with Gasteiger partial charge in [0, 0.05) is 22.9 Å². The standard InChI is InChI=1S/C30H24ClF3N4O2/c31-21-12-10-19(11-13-21)28-26-9-4-16-36(26)24-7-1-2-8-25(24)38(28)27(39)18-37(23-14-15-23)29(40)35-22-6-3-5-20(17-22)30(32,33)34/h1-13,16-17,23,28H,14-15,18H2,(H,35,40). The maximum atomic E-state index is 14.1. The van der Waals surface area contributed by atoms with E-state index in [-0.39, 0.29) is 24.2 Å². The molecule has 0 radical (unpaired) electrons. The highest BCUT2D eigenvalue weighted by atomic mass is 35.5. The van der Waals surface area contributed by atoms with Gasteiger partial charge in [-0.05, 0) is 73.0 Å². The molecule has 6 nitrogen and oxygen atoms in total. The van der Waals surface area contributed by atoms with Crippen LogP contribution < -0.4 is 10.2 Å². The summed E-state index contributed by atoms with van der Waals surface area (Å²) in [6.45, 7) is -0.241. The molecule has 6 rings (SSSR count). The average molecular weight is 565 g/mol. The van der Waals surface area contributed by atoms with Crippen molar-refractivity contribution in [2.75, 3.05) is 16.8 Å². The van der Waals surface area contributed by atoms with E-state index in [1.165, 1.54) is 17.0 Å².